The van der Waals surface area contributed by atoms with E-state index in [1.807, 2.05) is 0 Å². The number of benzene rings is 2. The fourth-order valence-corrected chi connectivity index (χ4v) is 2.32. The molecule has 23 heavy (non-hydrogen) atoms. The second-order valence-electron chi connectivity index (χ2n) is 4.80. The molecule has 0 saturated heterocycles. The zero-order valence-corrected chi connectivity index (χ0v) is 12.0. The van der Waals surface area contributed by atoms with Gasteiger partial charge in [0, 0.05) is 12.1 Å². The lowest BCUT2D eigenvalue weighted by molar-refractivity contribution is -0.385. The number of nitro benzene ring substituents is 1. The Morgan fingerprint density at radius 1 is 1.22 bits per heavy atom. The van der Waals surface area contributed by atoms with E-state index < -0.39 is 4.92 Å². The summed E-state index contributed by atoms with van der Waals surface area (Å²) in [6.07, 6.45) is 1.22. The van der Waals surface area contributed by atoms with Crippen molar-refractivity contribution in [1.29, 1.82) is 0 Å². The first-order chi connectivity index (χ1) is 11.0. The SMILES string of the molecule is COc1ccc(-c2coc3cc(O)ccc3c2=O)cc1[N+](=O)[O-]. The van der Waals surface area contributed by atoms with Gasteiger partial charge in [0.15, 0.2) is 11.2 Å². The molecule has 1 N–H and O–H groups in total. The number of hydrogen-bond acceptors (Lipinski definition) is 6. The summed E-state index contributed by atoms with van der Waals surface area (Å²) in [6, 6.07) is 8.38. The van der Waals surface area contributed by atoms with Gasteiger partial charge in [-0.15, -0.1) is 0 Å². The van der Waals surface area contributed by atoms with E-state index in [2.05, 4.69) is 0 Å². The Morgan fingerprint density at radius 3 is 2.70 bits per heavy atom. The third-order valence-electron chi connectivity index (χ3n) is 3.44. The van der Waals surface area contributed by atoms with Crippen LogP contribution in [0.5, 0.6) is 11.5 Å². The van der Waals surface area contributed by atoms with Crippen molar-refractivity contribution in [3.8, 4) is 22.6 Å². The van der Waals surface area contributed by atoms with Crippen molar-refractivity contribution in [2.45, 2.75) is 0 Å². The first-order valence-corrected chi connectivity index (χ1v) is 6.58. The van der Waals surface area contributed by atoms with E-state index in [-0.39, 0.29) is 39.1 Å². The largest absolute Gasteiger partial charge is 0.508 e. The number of phenolic OH excluding ortho intramolecular Hbond substituents is 1. The molecule has 3 aromatic rings. The average Bonchev–Trinajstić information content (AvgIpc) is 2.54. The van der Waals surface area contributed by atoms with Gasteiger partial charge >= 0.3 is 5.69 Å². The molecule has 0 aliphatic heterocycles. The van der Waals surface area contributed by atoms with Gasteiger partial charge in [0.1, 0.15) is 17.6 Å². The van der Waals surface area contributed by atoms with Gasteiger partial charge in [-0.1, -0.05) is 0 Å². The zero-order chi connectivity index (χ0) is 16.6. The smallest absolute Gasteiger partial charge is 0.311 e. The third-order valence-corrected chi connectivity index (χ3v) is 3.44. The van der Waals surface area contributed by atoms with E-state index in [1.54, 1.807) is 6.07 Å². The zero-order valence-electron chi connectivity index (χ0n) is 12.0. The van der Waals surface area contributed by atoms with Crippen LogP contribution in [0.4, 0.5) is 5.69 Å². The van der Waals surface area contributed by atoms with Crippen molar-refractivity contribution < 1.29 is 19.2 Å². The molecule has 1 aromatic heterocycles. The van der Waals surface area contributed by atoms with Crippen molar-refractivity contribution in [3.05, 3.63) is 63.0 Å². The normalized spacial score (nSPS) is 10.7. The summed E-state index contributed by atoms with van der Waals surface area (Å²) in [5.41, 5.74) is 0.192. The molecular formula is C16H11NO6. The van der Waals surface area contributed by atoms with E-state index in [9.17, 15) is 20.0 Å². The Kier molecular flexibility index (Phi) is 3.46. The highest BCUT2D eigenvalue weighted by Gasteiger charge is 2.18. The maximum atomic E-state index is 12.5. The number of fused-ring (bicyclic) bond motifs is 1. The summed E-state index contributed by atoms with van der Waals surface area (Å²) >= 11 is 0. The Hall–Kier alpha value is -3.35. The lowest BCUT2D eigenvalue weighted by Gasteiger charge is -2.05. The van der Waals surface area contributed by atoms with Gasteiger partial charge in [0.05, 0.1) is 23.0 Å². The fraction of sp³-hybridized carbons (Fsp3) is 0.0625. The van der Waals surface area contributed by atoms with E-state index in [1.165, 1.54) is 43.7 Å². The van der Waals surface area contributed by atoms with E-state index >= 15 is 0 Å². The molecule has 7 heteroatoms. The van der Waals surface area contributed by atoms with Crippen LogP contribution < -0.4 is 10.2 Å². The predicted molar refractivity (Wildman–Crippen MR) is 82.8 cm³/mol. The van der Waals surface area contributed by atoms with Crippen molar-refractivity contribution in [3.63, 3.8) is 0 Å². The molecule has 0 aliphatic carbocycles. The van der Waals surface area contributed by atoms with Gasteiger partial charge in [-0.25, -0.2) is 0 Å². The van der Waals surface area contributed by atoms with Gasteiger partial charge in [0.25, 0.3) is 0 Å². The number of nitrogens with zero attached hydrogens (tertiary/aromatic N) is 1. The summed E-state index contributed by atoms with van der Waals surface area (Å²) in [5, 5.41) is 20.8. The molecule has 0 unspecified atom stereocenters. The first kappa shape index (κ1) is 14.6. The van der Waals surface area contributed by atoms with Gasteiger partial charge in [-0.05, 0) is 29.8 Å². The van der Waals surface area contributed by atoms with Gasteiger partial charge in [-0.3, -0.25) is 14.9 Å². The molecule has 1 heterocycles. The third kappa shape index (κ3) is 2.48. The second-order valence-corrected chi connectivity index (χ2v) is 4.80. The molecule has 0 atom stereocenters. The molecule has 0 fully saturated rings. The van der Waals surface area contributed by atoms with Crippen molar-refractivity contribution in [2.75, 3.05) is 7.11 Å². The summed E-state index contributed by atoms with van der Waals surface area (Å²) in [4.78, 5) is 23.0. The maximum absolute atomic E-state index is 12.5. The van der Waals surface area contributed by atoms with Crippen molar-refractivity contribution >= 4 is 16.7 Å². The minimum Gasteiger partial charge on any atom is -0.508 e. The van der Waals surface area contributed by atoms with Crippen LogP contribution in [0.1, 0.15) is 0 Å². The van der Waals surface area contributed by atoms with Crippen molar-refractivity contribution in [2.24, 2.45) is 0 Å². The van der Waals surface area contributed by atoms with Crippen LogP contribution in [0.2, 0.25) is 0 Å². The van der Waals surface area contributed by atoms with Gasteiger partial charge < -0.3 is 14.3 Å². The Morgan fingerprint density at radius 2 is 2.00 bits per heavy atom. The first-order valence-electron chi connectivity index (χ1n) is 6.58. The molecule has 7 nitrogen and oxygen atoms in total. The summed E-state index contributed by atoms with van der Waals surface area (Å²) in [6.45, 7) is 0. The fourth-order valence-electron chi connectivity index (χ4n) is 2.32. The predicted octanol–water partition coefficient (Wildman–Crippen LogP) is 3.08. The van der Waals surface area contributed by atoms with Crippen LogP contribution in [-0.2, 0) is 0 Å². The lowest BCUT2D eigenvalue weighted by atomic mass is 10.0. The minimum atomic E-state index is -0.580. The lowest BCUT2D eigenvalue weighted by Crippen LogP contribution is -2.05. The number of nitro groups is 1. The Bertz CT molecular complexity index is 976. The molecule has 2 aromatic carbocycles. The summed E-state index contributed by atoms with van der Waals surface area (Å²) in [5.74, 6) is 0.0855. The maximum Gasteiger partial charge on any atom is 0.311 e. The number of methoxy groups -OCH3 is 1. The van der Waals surface area contributed by atoms with E-state index in [0.29, 0.717) is 5.56 Å². The molecule has 116 valence electrons. The molecule has 0 aliphatic rings. The molecular weight excluding hydrogens is 302 g/mol. The Labute approximate surface area is 129 Å². The number of hydrogen-bond donors (Lipinski definition) is 1. The highest BCUT2D eigenvalue weighted by atomic mass is 16.6. The summed E-state index contributed by atoms with van der Waals surface area (Å²) < 4.78 is 10.3. The average molecular weight is 313 g/mol. The number of phenols is 1. The minimum absolute atomic E-state index is 0.0199. The molecule has 0 saturated carbocycles. The number of rotatable bonds is 3. The number of aromatic hydroxyl groups is 1. The van der Waals surface area contributed by atoms with E-state index in [0.717, 1.165) is 0 Å². The summed E-state index contributed by atoms with van der Waals surface area (Å²) in [7, 11) is 1.33. The topological polar surface area (TPSA) is 103 Å². The molecule has 0 bridgehead atoms. The van der Waals surface area contributed by atoms with Crippen LogP contribution in [0.15, 0.2) is 51.9 Å². The highest BCUT2D eigenvalue weighted by Crippen LogP contribution is 2.31. The quantitative estimate of drug-likeness (QED) is 0.588. The second kappa shape index (κ2) is 5.45. The van der Waals surface area contributed by atoms with Crippen molar-refractivity contribution in [1.82, 2.24) is 0 Å². The van der Waals surface area contributed by atoms with Gasteiger partial charge in [-0.2, -0.15) is 0 Å². The van der Waals surface area contributed by atoms with Crippen LogP contribution >= 0.6 is 0 Å². The van der Waals surface area contributed by atoms with E-state index in [4.69, 9.17) is 9.15 Å². The molecule has 3 rings (SSSR count). The standard InChI is InChI=1S/C16H11NO6/c1-22-14-5-2-9(6-13(14)17(20)21)12-8-23-15-7-10(18)3-4-11(15)16(12)19/h2-8,18H,1H3. The van der Waals surface area contributed by atoms with Crippen LogP contribution in [-0.4, -0.2) is 17.1 Å². The van der Waals surface area contributed by atoms with Crippen LogP contribution in [0.25, 0.3) is 22.1 Å². The Balaban J connectivity index is 2.23. The monoisotopic (exact) mass is 313 g/mol. The number of ether oxygens (including phenoxy) is 1. The van der Waals surface area contributed by atoms with Gasteiger partial charge in [0.2, 0.25) is 0 Å². The molecule has 0 amide bonds. The molecule has 0 radical (unpaired) electrons. The van der Waals surface area contributed by atoms with Crippen LogP contribution in [0.3, 0.4) is 0 Å². The molecule has 0 spiro atoms. The highest BCUT2D eigenvalue weighted by molar-refractivity contribution is 5.83. The van der Waals surface area contributed by atoms with Crippen LogP contribution in [0, 0.1) is 10.1 Å².